The topological polar surface area (TPSA) is 43.4 Å². The molecule has 0 radical (unpaired) electrons. The Hall–Kier alpha value is -0.0300. The largest absolute Gasteiger partial charge is 0.502 e. The highest BCUT2D eigenvalue weighted by Crippen LogP contribution is 2.03. The van der Waals surface area contributed by atoms with Crippen molar-refractivity contribution >= 4 is 25.8 Å². The third-order valence-electron chi connectivity index (χ3n) is 1.07. The zero-order valence-corrected chi connectivity index (χ0v) is 9.61. The molecule has 0 N–H and O–H groups in total. The summed E-state index contributed by atoms with van der Waals surface area (Å²) < 4.78 is 27.0. The van der Waals surface area contributed by atoms with Crippen molar-refractivity contribution in [3.05, 3.63) is 11.8 Å². The predicted octanol–water partition coefficient (Wildman–Crippen LogP) is 1.69. The molecule has 0 fully saturated rings. The van der Waals surface area contributed by atoms with Gasteiger partial charge in [-0.1, -0.05) is 15.9 Å². The number of sulfone groups is 1. The number of rotatable bonds is 5. The number of hydrogen-bond donors (Lipinski definition) is 0. The molecule has 12 heavy (non-hydrogen) atoms. The van der Waals surface area contributed by atoms with Crippen molar-refractivity contribution in [1.29, 1.82) is 0 Å². The molecule has 3 nitrogen and oxygen atoms in total. The van der Waals surface area contributed by atoms with Gasteiger partial charge in [-0.2, -0.15) is 0 Å². The van der Waals surface area contributed by atoms with E-state index in [0.29, 0.717) is 6.61 Å². The van der Waals surface area contributed by atoms with Crippen LogP contribution in [0.3, 0.4) is 0 Å². The van der Waals surface area contributed by atoms with E-state index in [0.717, 1.165) is 5.57 Å². The maximum Gasteiger partial charge on any atom is 0.164 e. The van der Waals surface area contributed by atoms with Crippen LogP contribution >= 0.6 is 15.9 Å². The van der Waals surface area contributed by atoms with Gasteiger partial charge in [0.25, 0.3) is 0 Å². The van der Waals surface area contributed by atoms with Crippen molar-refractivity contribution in [2.75, 3.05) is 17.0 Å². The van der Waals surface area contributed by atoms with Gasteiger partial charge in [0.05, 0.1) is 18.6 Å². The molecule has 0 aliphatic rings. The van der Waals surface area contributed by atoms with Crippen LogP contribution in [0.5, 0.6) is 0 Å². The Bertz CT molecular complexity index is 243. The van der Waals surface area contributed by atoms with Gasteiger partial charge in [-0.15, -0.1) is 0 Å². The molecule has 0 atom stereocenters. The van der Waals surface area contributed by atoms with E-state index in [4.69, 9.17) is 4.74 Å². The fourth-order valence-electron chi connectivity index (χ4n) is 0.645. The Kier molecular flexibility index (Phi) is 5.57. The second-order valence-corrected chi connectivity index (χ2v) is 5.78. The number of ether oxygens (including phenoxy) is 1. The van der Waals surface area contributed by atoms with E-state index >= 15 is 0 Å². The number of halogens is 1. The Labute approximate surface area is 81.8 Å². The van der Waals surface area contributed by atoms with Gasteiger partial charge >= 0.3 is 0 Å². The van der Waals surface area contributed by atoms with Gasteiger partial charge in [-0.3, -0.25) is 0 Å². The minimum Gasteiger partial charge on any atom is -0.502 e. The summed E-state index contributed by atoms with van der Waals surface area (Å²) in [5, 5.41) is 0. The van der Waals surface area contributed by atoms with Crippen molar-refractivity contribution in [3.63, 3.8) is 0 Å². The first-order chi connectivity index (χ1) is 5.52. The highest BCUT2D eigenvalue weighted by Gasteiger charge is 2.08. The summed E-state index contributed by atoms with van der Waals surface area (Å²) in [6, 6.07) is 0. The average molecular weight is 257 g/mol. The van der Waals surface area contributed by atoms with Crippen molar-refractivity contribution in [2.24, 2.45) is 0 Å². The maximum atomic E-state index is 11.0. The van der Waals surface area contributed by atoms with Gasteiger partial charge in [0.15, 0.2) is 9.84 Å². The molecule has 0 aromatic carbocycles. The zero-order valence-electron chi connectivity index (χ0n) is 7.21. The molecule has 0 aromatic heterocycles. The second-order valence-electron chi connectivity index (χ2n) is 2.42. The predicted molar refractivity (Wildman–Crippen MR) is 53.0 cm³/mol. The lowest BCUT2D eigenvalue weighted by molar-refractivity contribution is 0.266. The minimum atomic E-state index is -2.98. The van der Waals surface area contributed by atoms with Crippen LogP contribution in [-0.2, 0) is 14.6 Å². The van der Waals surface area contributed by atoms with Crippen LogP contribution in [0.25, 0.3) is 0 Å². The summed E-state index contributed by atoms with van der Waals surface area (Å²) in [5.74, 6) is 0.0538. The molecule has 0 unspecified atom stereocenters. The lowest BCUT2D eigenvalue weighted by Crippen LogP contribution is -2.08. The highest BCUT2D eigenvalue weighted by molar-refractivity contribution is 9.10. The van der Waals surface area contributed by atoms with Gasteiger partial charge in [0.1, 0.15) is 4.66 Å². The smallest absolute Gasteiger partial charge is 0.164 e. The number of alkyl halides is 1. The fourth-order valence-corrected chi connectivity index (χ4v) is 1.97. The van der Waals surface area contributed by atoms with E-state index < -0.39 is 9.84 Å². The lowest BCUT2D eigenvalue weighted by Gasteiger charge is -2.00. The van der Waals surface area contributed by atoms with Gasteiger partial charge < -0.3 is 4.74 Å². The lowest BCUT2D eigenvalue weighted by atomic mass is 10.4. The molecule has 5 heteroatoms. The normalized spacial score (nSPS) is 13.1. The molecule has 0 saturated heterocycles. The molecule has 0 bridgehead atoms. The van der Waals surface area contributed by atoms with Gasteiger partial charge in [-0.05, 0) is 19.4 Å². The minimum absolute atomic E-state index is 0.00267. The molecule has 0 aliphatic heterocycles. The summed E-state index contributed by atoms with van der Waals surface area (Å²) in [7, 11) is -2.98. The molecule has 0 aromatic rings. The summed E-state index contributed by atoms with van der Waals surface area (Å²) in [6.07, 6.45) is 1.49. The molecule has 0 rings (SSSR count). The van der Waals surface area contributed by atoms with Crippen LogP contribution < -0.4 is 0 Å². The maximum absolute atomic E-state index is 11.0. The van der Waals surface area contributed by atoms with E-state index in [9.17, 15) is 8.42 Å². The van der Waals surface area contributed by atoms with Crippen LogP contribution in [0.15, 0.2) is 11.8 Å². The van der Waals surface area contributed by atoms with Crippen LogP contribution in [0.4, 0.5) is 0 Å². The average Bonchev–Trinajstić information content (AvgIpc) is 2.00. The summed E-state index contributed by atoms with van der Waals surface area (Å²) in [6.45, 7) is 4.14. The Morgan fingerprint density at radius 1 is 1.58 bits per heavy atom. The quantitative estimate of drug-likeness (QED) is 0.556. The van der Waals surface area contributed by atoms with E-state index in [-0.39, 0.29) is 10.4 Å². The summed E-state index contributed by atoms with van der Waals surface area (Å²) in [5.41, 5.74) is 0.719. The first-order valence-corrected chi connectivity index (χ1v) is 6.49. The number of hydrogen-bond acceptors (Lipinski definition) is 3. The fraction of sp³-hybridized carbons (Fsp3) is 0.714. The summed E-state index contributed by atoms with van der Waals surface area (Å²) >= 11 is 2.91. The molecule has 0 spiro atoms. The standard InChI is InChI=1S/C7H13BrO3S/c1-3-11-4-7(2)5-12(9,10)6-8/h4H,3,5-6H2,1-2H3. The molecule has 0 amide bonds. The SMILES string of the molecule is CCOC=C(C)CS(=O)(=O)CBr. The first-order valence-electron chi connectivity index (χ1n) is 3.55. The van der Waals surface area contributed by atoms with E-state index in [1.54, 1.807) is 6.92 Å². The molecule has 72 valence electrons. The third kappa shape index (κ3) is 5.60. The van der Waals surface area contributed by atoms with Crippen molar-refractivity contribution in [1.82, 2.24) is 0 Å². The van der Waals surface area contributed by atoms with Gasteiger partial charge in [0.2, 0.25) is 0 Å². The van der Waals surface area contributed by atoms with Gasteiger partial charge in [0, 0.05) is 0 Å². The van der Waals surface area contributed by atoms with Crippen LogP contribution in [0.1, 0.15) is 13.8 Å². The molecule has 0 heterocycles. The van der Waals surface area contributed by atoms with E-state index in [2.05, 4.69) is 15.9 Å². The highest BCUT2D eigenvalue weighted by atomic mass is 79.9. The van der Waals surface area contributed by atoms with Crippen molar-refractivity contribution in [2.45, 2.75) is 13.8 Å². The zero-order chi connectivity index (χ0) is 9.61. The second kappa shape index (κ2) is 5.59. The van der Waals surface area contributed by atoms with E-state index in [1.807, 2.05) is 6.92 Å². The van der Waals surface area contributed by atoms with Crippen LogP contribution in [-0.4, -0.2) is 25.4 Å². The van der Waals surface area contributed by atoms with E-state index in [1.165, 1.54) is 6.26 Å². The Morgan fingerprint density at radius 3 is 2.58 bits per heavy atom. The van der Waals surface area contributed by atoms with Crippen LogP contribution in [0.2, 0.25) is 0 Å². The Balaban J connectivity index is 4.09. The monoisotopic (exact) mass is 256 g/mol. The summed E-state index contributed by atoms with van der Waals surface area (Å²) in [4.78, 5) is 0. The Morgan fingerprint density at radius 2 is 2.17 bits per heavy atom. The van der Waals surface area contributed by atoms with Crippen LogP contribution in [0, 0.1) is 0 Å². The third-order valence-corrected chi connectivity index (χ3v) is 4.39. The van der Waals surface area contributed by atoms with Crippen molar-refractivity contribution < 1.29 is 13.2 Å². The molecular weight excluding hydrogens is 244 g/mol. The first kappa shape index (κ1) is 12.0. The van der Waals surface area contributed by atoms with Crippen molar-refractivity contribution in [3.8, 4) is 0 Å². The molecule has 0 aliphatic carbocycles. The molecular formula is C7H13BrO3S. The molecule has 0 saturated carbocycles. The van der Waals surface area contributed by atoms with Gasteiger partial charge in [-0.25, -0.2) is 8.42 Å².